The predicted molar refractivity (Wildman–Crippen MR) is 84.1 cm³/mol. The lowest BCUT2D eigenvalue weighted by Crippen LogP contribution is -1.91. The molecular formula is C17H12F3NO3. The molecule has 0 saturated carbocycles. The number of ether oxygens (including phenoxy) is 1. The first-order valence-electron chi connectivity index (χ1n) is 6.78. The van der Waals surface area contributed by atoms with Gasteiger partial charge in [-0.1, -0.05) is 18.2 Å². The Hall–Kier alpha value is -3.09. The summed E-state index contributed by atoms with van der Waals surface area (Å²) in [4.78, 5) is 10.1. The Morgan fingerprint density at radius 1 is 1.04 bits per heavy atom. The number of benzene rings is 2. The molecule has 0 bridgehead atoms. The fourth-order valence-electron chi connectivity index (χ4n) is 1.95. The number of allylic oxidation sites excluding steroid dienone is 1. The summed E-state index contributed by atoms with van der Waals surface area (Å²) in [5.74, 6) is -0.0489. The molecule has 124 valence electrons. The first-order valence-corrected chi connectivity index (χ1v) is 6.78. The van der Waals surface area contributed by atoms with E-state index >= 15 is 0 Å². The topological polar surface area (TPSA) is 52.4 Å². The number of halogens is 3. The van der Waals surface area contributed by atoms with Crippen LogP contribution in [0.1, 0.15) is 18.1 Å². The average molecular weight is 335 g/mol. The van der Waals surface area contributed by atoms with Crippen LogP contribution in [0.5, 0.6) is 5.75 Å². The van der Waals surface area contributed by atoms with Gasteiger partial charge in [0.2, 0.25) is 0 Å². The lowest BCUT2D eigenvalue weighted by molar-refractivity contribution is -0.384. The van der Waals surface area contributed by atoms with Gasteiger partial charge in [-0.3, -0.25) is 10.1 Å². The minimum absolute atomic E-state index is 0.00137. The molecule has 2 rings (SSSR count). The van der Waals surface area contributed by atoms with Crippen molar-refractivity contribution in [3.05, 3.63) is 81.9 Å². The summed E-state index contributed by atoms with van der Waals surface area (Å²) in [7, 11) is 0. The van der Waals surface area contributed by atoms with Crippen molar-refractivity contribution in [3.63, 3.8) is 0 Å². The van der Waals surface area contributed by atoms with Crippen LogP contribution < -0.4 is 4.74 Å². The summed E-state index contributed by atoms with van der Waals surface area (Å²) < 4.78 is 41.0. The fraction of sp³-hybridized carbons (Fsp3) is 0.0588. The summed E-state index contributed by atoms with van der Waals surface area (Å²) in [5.41, 5.74) is 2.38. The highest BCUT2D eigenvalue weighted by atomic mass is 19.3. The van der Waals surface area contributed by atoms with E-state index in [4.69, 9.17) is 0 Å². The Labute approximate surface area is 135 Å². The molecule has 7 heteroatoms. The third kappa shape index (κ3) is 4.45. The van der Waals surface area contributed by atoms with Gasteiger partial charge in [0.25, 0.3) is 5.69 Å². The third-order valence-corrected chi connectivity index (χ3v) is 3.15. The van der Waals surface area contributed by atoms with E-state index in [1.165, 1.54) is 24.3 Å². The Morgan fingerprint density at radius 2 is 1.62 bits per heavy atom. The summed E-state index contributed by atoms with van der Waals surface area (Å²) in [6.07, 6.45) is -0.713. The molecule has 0 aromatic heterocycles. The van der Waals surface area contributed by atoms with Crippen LogP contribution in [0, 0.1) is 10.1 Å². The monoisotopic (exact) mass is 335 g/mol. The third-order valence-electron chi connectivity index (χ3n) is 3.15. The normalized spacial score (nSPS) is 11.1. The quantitative estimate of drug-likeness (QED) is 0.311. The van der Waals surface area contributed by atoms with E-state index in [0.717, 1.165) is 16.7 Å². The van der Waals surface area contributed by atoms with Crippen LogP contribution in [-0.2, 0) is 0 Å². The number of non-ortho nitro benzene ring substituents is 1. The molecule has 0 unspecified atom stereocenters. The zero-order chi connectivity index (χ0) is 17.7. The zero-order valence-corrected chi connectivity index (χ0v) is 12.5. The lowest BCUT2D eigenvalue weighted by Gasteiger charge is -2.05. The molecule has 0 saturated heterocycles. The summed E-state index contributed by atoms with van der Waals surface area (Å²) >= 11 is 0. The standard InChI is InChI=1S/C17H12F3NO3/c1-11(10-12-2-6-14(7-3-12)21(22)23)13-4-8-15(9-5-13)24-17(20)16(18)19/h2-10H,1H3. The molecule has 4 nitrogen and oxygen atoms in total. The van der Waals surface area contributed by atoms with Crippen molar-refractivity contribution >= 4 is 17.3 Å². The Kier molecular flexibility index (Phi) is 5.36. The first-order chi connectivity index (χ1) is 11.4. The molecular weight excluding hydrogens is 323 g/mol. The molecule has 0 spiro atoms. The van der Waals surface area contributed by atoms with Gasteiger partial charge in [-0.2, -0.15) is 13.2 Å². The van der Waals surface area contributed by atoms with Crippen LogP contribution in [0.25, 0.3) is 11.6 Å². The minimum atomic E-state index is -2.52. The van der Waals surface area contributed by atoms with Crippen LogP contribution >= 0.6 is 0 Å². The largest absolute Gasteiger partial charge is 0.428 e. The van der Waals surface area contributed by atoms with Crippen molar-refractivity contribution in [2.75, 3.05) is 0 Å². The van der Waals surface area contributed by atoms with Crippen molar-refractivity contribution < 1.29 is 22.8 Å². The van der Waals surface area contributed by atoms with E-state index in [0.29, 0.717) is 0 Å². The maximum atomic E-state index is 12.7. The number of nitrogens with zero attached hydrogens (tertiary/aromatic N) is 1. The highest BCUT2D eigenvalue weighted by Crippen LogP contribution is 2.24. The van der Waals surface area contributed by atoms with Gasteiger partial charge >= 0.3 is 12.1 Å². The molecule has 2 aromatic rings. The molecule has 0 aliphatic rings. The molecule has 0 N–H and O–H groups in total. The Bertz CT molecular complexity index is 793. The van der Waals surface area contributed by atoms with Crippen molar-refractivity contribution in [1.82, 2.24) is 0 Å². The van der Waals surface area contributed by atoms with Crippen LogP contribution in [0.2, 0.25) is 0 Å². The van der Waals surface area contributed by atoms with E-state index in [9.17, 15) is 23.3 Å². The van der Waals surface area contributed by atoms with Gasteiger partial charge in [0.15, 0.2) is 0 Å². The zero-order valence-electron chi connectivity index (χ0n) is 12.5. The van der Waals surface area contributed by atoms with E-state index in [-0.39, 0.29) is 11.4 Å². The van der Waals surface area contributed by atoms with Crippen molar-refractivity contribution in [2.45, 2.75) is 6.92 Å². The van der Waals surface area contributed by atoms with Crippen LogP contribution in [-0.4, -0.2) is 4.92 Å². The van der Waals surface area contributed by atoms with Gasteiger partial charge in [-0.15, -0.1) is 0 Å². The van der Waals surface area contributed by atoms with Crippen molar-refractivity contribution in [1.29, 1.82) is 0 Å². The molecule has 0 aliphatic carbocycles. The lowest BCUT2D eigenvalue weighted by atomic mass is 10.0. The van der Waals surface area contributed by atoms with E-state index in [1.807, 2.05) is 6.92 Å². The van der Waals surface area contributed by atoms with Gasteiger partial charge < -0.3 is 4.74 Å². The SMILES string of the molecule is CC(=Cc1ccc([N+](=O)[O-])cc1)c1ccc(OC(F)=C(F)F)cc1. The molecule has 0 atom stereocenters. The molecule has 0 amide bonds. The van der Waals surface area contributed by atoms with Gasteiger partial charge in [0, 0.05) is 12.1 Å². The van der Waals surface area contributed by atoms with Crippen molar-refractivity contribution in [2.24, 2.45) is 0 Å². The van der Waals surface area contributed by atoms with E-state index in [2.05, 4.69) is 4.74 Å². The first kappa shape index (κ1) is 17.3. The highest BCUT2D eigenvalue weighted by Gasteiger charge is 2.08. The molecule has 0 fully saturated rings. The second-order valence-electron chi connectivity index (χ2n) is 4.84. The maximum Gasteiger partial charge on any atom is 0.344 e. The predicted octanol–water partition coefficient (Wildman–Crippen LogP) is 5.57. The molecule has 0 heterocycles. The summed E-state index contributed by atoms with van der Waals surface area (Å²) in [5, 5.41) is 10.6. The minimum Gasteiger partial charge on any atom is -0.428 e. The van der Waals surface area contributed by atoms with Crippen molar-refractivity contribution in [3.8, 4) is 5.75 Å². The van der Waals surface area contributed by atoms with Gasteiger partial charge in [0.05, 0.1) is 4.92 Å². The fourth-order valence-corrected chi connectivity index (χ4v) is 1.95. The van der Waals surface area contributed by atoms with Crippen LogP contribution in [0.4, 0.5) is 18.9 Å². The number of nitro benzene ring substituents is 1. The van der Waals surface area contributed by atoms with Crippen LogP contribution in [0.15, 0.2) is 60.6 Å². The Balaban J connectivity index is 2.15. The van der Waals surface area contributed by atoms with Crippen LogP contribution in [0.3, 0.4) is 0 Å². The second kappa shape index (κ2) is 7.45. The second-order valence-corrected chi connectivity index (χ2v) is 4.84. The Morgan fingerprint density at radius 3 is 2.12 bits per heavy atom. The van der Waals surface area contributed by atoms with Gasteiger partial charge in [0.1, 0.15) is 5.75 Å². The highest BCUT2D eigenvalue weighted by molar-refractivity contribution is 5.80. The van der Waals surface area contributed by atoms with E-state index < -0.39 is 17.0 Å². The molecule has 2 aromatic carbocycles. The smallest absolute Gasteiger partial charge is 0.344 e. The number of hydrogen-bond donors (Lipinski definition) is 0. The summed E-state index contributed by atoms with van der Waals surface area (Å²) in [6, 6.07) is 10.0. The van der Waals surface area contributed by atoms with Gasteiger partial charge in [-0.05, 0) is 47.9 Å². The summed E-state index contributed by atoms with van der Waals surface area (Å²) in [6.45, 7) is 1.82. The number of hydrogen-bond acceptors (Lipinski definition) is 3. The molecule has 0 aliphatic heterocycles. The number of nitro groups is 1. The molecule has 0 radical (unpaired) electrons. The maximum absolute atomic E-state index is 12.7. The molecule has 24 heavy (non-hydrogen) atoms. The van der Waals surface area contributed by atoms with Gasteiger partial charge in [-0.25, -0.2) is 0 Å². The average Bonchev–Trinajstić information content (AvgIpc) is 2.55. The van der Waals surface area contributed by atoms with E-state index in [1.54, 1.807) is 30.3 Å². The number of rotatable bonds is 5.